The van der Waals surface area contributed by atoms with E-state index in [0.717, 1.165) is 26.7 Å². The molecule has 1 amide bonds. The second-order valence-corrected chi connectivity index (χ2v) is 7.61. The maximum absolute atomic E-state index is 12.9. The molecule has 0 saturated heterocycles. The van der Waals surface area contributed by atoms with Crippen LogP contribution in [0.25, 0.3) is 0 Å². The highest BCUT2D eigenvalue weighted by Gasteiger charge is 2.24. The molecule has 0 saturated carbocycles. The Morgan fingerprint density at radius 3 is 2.67 bits per heavy atom. The Morgan fingerprint density at radius 2 is 1.96 bits per heavy atom. The van der Waals surface area contributed by atoms with Crippen LogP contribution in [0, 0.1) is 13.8 Å². The summed E-state index contributed by atoms with van der Waals surface area (Å²) in [4.78, 5) is 12.9. The molecule has 2 aromatic carbocycles. The van der Waals surface area contributed by atoms with Gasteiger partial charge in [0.25, 0.3) is 0 Å². The van der Waals surface area contributed by atoms with Gasteiger partial charge in [0.15, 0.2) is 4.34 Å². The number of rotatable bonds is 5. The second-order valence-electron chi connectivity index (χ2n) is 5.42. The number of nitrogens with zero attached hydrogens (tertiary/aromatic N) is 2. The molecule has 0 aliphatic heterocycles. The van der Waals surface area contributed by atoms with E-state index in [-0.39, 0.29) is 11.2 Å². The molecule has 0 spiro atoms. The Labute approximate surface area is 149 Å². The number of carbonyl (C=O) groups is 1. The van der Waals surface area contributed by atoms with Gasteiger partial charge >= 0.3 is 0 Å². The molecule has 1 aromatic heterocycles. The third-order valence-electron chi connectivity index (χ3n) is 3.55. The molecule has 0 aliphatic rings. The van der Waals surface area contributed by atoms with Gasteiger partial charge in [-0.25, -0.2) is 0 Å². The van der Waals surface area contributed by atoms with Crippen molar-refractivity contribution < 1.29 is 4.79 Å². The van der Waals surface area contributed by atoms with Gasteiger partial charge in [-0.1, -0.05) is 65.6 Å². The Kier molecular flexibility index (Phi) is 5.27. The standard InChI is InChI=1S/C18H17N3OS2/c1-12-8-9-13(2)15(10-12)20-17(22)16(14-6-4-3-5-7-14)24-18-21-19-11-23-18/h3-11,16H,1-2H3,(H,20,22)/t16-/m0/s1. The third kappa shape index (κ3) is 4.01. The van der Waals surface area contributed by atoms with Crippen LogP contribution in [0.15, 0.2) is 58.4 Å². The molecule has 3 aromatic rings. The first-order chi connectivity index (χ1) is 11.6. The summed E-state index contributed by atoms with van der Waals surface area (Å²) in [7, 11) is 0. The predicted octanol–water partition coefficient (Wildman–Crippen LogP) is 4.63. The van der Waals surface area contributed by atoms with E-state index in [1.54, 1.807) is 5.51 Å². The molecular formula is C18H17N3OS2. The molecule has 1 N–H and O–H groups in total. The molecule has 24 heavy (non-hydrogen) atoms. The first-order valence-corrected chi connectivity index (χ1v) is 9.25. The zero-order valence-corrected chi connectivity index (χ0v) is 15.0. The van der Waals surface area contributed by atoms with Crippen molar-refractivity contribution in [2.75, 3.05) is 5.32 Å². The summed E-state index contributed by atoms with van der Waals surface area (Å²) >= 11 is 2.85. The molecule has 3 rings (SSSR count). The van der Waals surface area contributed by atoms with E-state index in [2.05, 4.69) is 15.5 Å². The number of hydrogen-bond acceptors (Lipinski definition) is 5. The lowest BCUT2D eigenvalue weighted by atomic mass is 10.1. The average molecular weight is 355 g/mol. The fourth-order valence-electron chi connectivity index (χ4n) is 2.28. The lowest BCUT2D eigenvalue weighted by Gasteiger charge is -2.17. The number of carbonyl (C=O) groups excluding carboxylic acids is 1. The van der Waals surface area contributed by atoms with Crippen LogP contribution in [0.5, 0.6) is 0 Å². The molecular weight excluding hydrogens is 338 g/mol. The van der Waals surface area contributed by atoms with Gasteiger partial charge in [0, 0.05) is 5.69 Å². The van der Waals surface area contributed by atoms with Crippen LogP contribution in [-0.4, -0.2) is 16.1 Å². The summed E-state index contributed by atoms with van der Waals surface area (Å²) in [6.07, 6.45) is 0. The van der Waals surface area contributed by atoms with Crippen LogP contribution in [-0.2, 0) is 4.79 Å². The van der Waals surface area contributed by atoms with Crippen molar-refractivity contribution >= 4 is 34.7 Å². The first kappa shape index (κ1) is 16.7. The van der Waals surface area contributed by atoms with Crippen molar-refractivity contribution in [3.05, 3.63) is 70.7 Å². The number of aryl methyl sites for hydroxylation is 2. The normalized spacial score (nSPS) is 11.9. The molecule has 6 heteroatoms. The van der Waals surface area contributed by atoms with E-state index in [4.69, 9.17) is 0 Å². The molecule has 1 atom stereocenters. The van der Waals surface area contributed by atoms with Gasteiger partial charge in [-0.2, -0.15) is 0 Å². The summed E-state index contributed by atoms with van der Waals surface area (Å²) in [5.41, 5.74) is 5.62. The first-order valence-electron chi connectivity index (χ1n) is 7.49. The summed E-state index contributed by atoms with van der Waals surface area (Å²) in [6.45, 7) is 4.00. The second kappa shape index (κ2) is 7.59. The van der Waals surface area contributed by atoms with Crippen LogP contribution in [0.4, 0.5) is 5.69 Å². The number of hydrogen-bond donors (Lipinski definition) is 1. The predicted molar refractivity (Wildman–Crippen MR) is 99.5 cm³/mol. The zero-order chi connectivity index (χ0) is 16.9. The molecule has 1 heterocycles. The Morgan fingerprint density at radius 1 is 1.17 bits per heavy atom. The Bertz CT molecular complexity index is 820. The fraction of sp³-hybridized carbons (Fsp3) is 0.167. The number of thioether (sulfide) groups is 1. The van der Waals surface area contributed by atoms with Crippen molar-refractivity contribution in [3.8, 4) is 0 Å². The van der Waals surface area contributed by atoms with Gasteiger partial charge in [0.2, 0.25) is 5.91 Å². The molecule has 0 aliphatic carbocycles. The van der Waals surface area contributed by atoms with Gasteiger partial charge < -0.3 is 5.32 Å². The third-order valence-corrected chi connectivity index (χ3v) is 5.62. The summed E-state index contributed by atoms with van der Waals surface area (Å²) < 4.78 is 0.778. The monoisotopic (exact) mass is 355 g/mol. The number of amides is 1. The van der Waals surface area contributed by atoms with E-state index < -0.39 is 0 Å². The summed E-state index contributed by atoms with van der Waals surface area (Å²) in [5.74, 6) is -0.0601. The fourth-order valence-corrected chi connectivity index (χ4v) is 3.96. The van der Waals surface area contributed by atoms with Crippen molar-refractivity contribution in [1.82, 2.24) is 10.2 Å². The van der Waals surface area contributed by atoms with Crippen LogP contribution in [0.2, 0.25) is 0 Å². The van der Waals surface area contributed by atoms with E-state index in [9.17, 15) is 4.79 Å². The van der Waals surface area contributed by atoms with E-state index in [1.807, 2.05) is 62.4 Å². The number of aromatic nitrogens is 2. The van der Waals surface area contributed by atoms with E-state index in [1.165, 1.54) is 23.1 Å². The minimum atomic E-state index is -0.376. The van der Waals surface area contributed by atoms with E-state index in [0.29, 0.717) is 0 Å². The quantitative estimate of drug-likeness (QED) is 0.678. The Hall–Kier alpha value is -2.18. The maximum Gasteiger partial charge on any atom is 0.242 e. The van der Waals surface area contributed by atoms with Crippen LogP contribution in [0.1, 0.15) is 21.9 Å². The minimum absolute atomic E-state index is 0.0601. The van der Waals surface area contributed by atoms with Gasteiger partial charge in [-0.15, -0.1) is 10.2 Å². The smallest absolute Gasteiger partial charge is 0.242 e. The molecule has 0 radical (unpaired) electrons. The molecule has 4 nitrogen and oxygen atoms in total. The van der Waals surface area contributed by atoms with Crippen LogP contribution >= 0.6 is 23.1 Å². The van der Waals surface area contributed by atoms with Crippen LogP contribution < -0.4 is 5.32 Å². The largest absolute Gasteiger partial charge is 0.325 e. The lowest BCUT2D eigenvalue weighted by Crippen LogP contribution is -2.19. The highest BCUT2D eigenvalue weighted by molar-refractivity contribution is 8.01. The van der Waals surface area contributed by atoms with Gasteiger partial charge in [-0.05, 0) is 36.6 Å². The minimum Gasteiger partial charge on any atom is -0.325 e. The number of anilines is 1. The van der Waals surface area contributed by atoms with Crippen LogP contribution in [0.3, 0.4) is 0 Å². The topological polar surface area (TPSA) is 54.9 Å². The molecule has 0 fully saturated rings. The molecule has 122 valence electrons. The van der Waals surface area contributed by atoms with Gasteiger partial charge in [-0.3, -0.25) is 4.79 Å². The zero-order valence-electron chi connectivity index (χ0n) is 13.4. The van der Waals surface area contributed by atoms with Crippen molar-refractivity contribution in [2.45, 2.75) is 23.4 Å². The van der Waals surface area contributed by atoms with Crippen molar-refractivity contribution in [1.29, 1.82) is 0 Å². The van der Waals surface area contributed by atoms with Crippen molar-refractivity contribution in [3.63, 3.8) is 0 Å². The SMILES string of the molecule is Cc1ccc(C)c(NC(=O)[C@@H](Sc2nncs2)c2ccccc2)c1. The lowest BCUT2D eigenvalue weighted by molar-refractivity contribution is -0.115. The number of nitrogens with one attached hydrogen (secondary N) is 1. The van der Waals surface area contributed by atoms with E-state index >= 15 is 0 Å². The molecule has 0 bridgehead atoms. The summed E-state index contributed by atoms with van der Waals surface area (Å²) in [6, 6.07) is 15.8. The summed E-state index contributed by atoms with van der Waals surface area (Å²) in [5, 5.41) is 10.6. The highest BCUT2D eigenvalue weighted by atomic mass is 32.2. The highest BCUT2D eigenvalue weighted by Crippen LogP contribution is 2.37. The molecule has 0 unspecified atom stereocenters. The van der Waals surface area contributed by atoms with Gasteiger partial charge in [0.05, 0.1) is 0 Å². The van der Waals surface area contributed by atoms with Gasteiger partial charge in [0.1, 0.15) is 10.8 Å². The average Bonchev–Trinajstić information content (AvgIpc) is 3.10. The number of benzene rings is 2. The maximum atomic E-state index is 12.9. The van der Waals surface area contributed by atoms with Crippen molar-refractivity contribution in [2.24, 2.45) is 0 Å². The Balaban J connectivity index is 1.87.